The first-order valence-corrected chi connectivity index (χ1v) is 17.4. The van der Waals surface area contributed by atoms with Gasteiger partial charge in [-0.25, -0.2) is 0 Å². The maximum atomic E-state index is 6.75. The molecule has 0 N–H and O–H groups in total. The van der Waals surface area contributed by atoms with E-state index >= 15 is 0 Å². The predicted molar refractivity (Wildman–Crippen MR) is 164 cm³/mol. The van der Waals surface area contributed by atoms with Gasteiger partial charge >= 0.3 is 0 Å². The van der Waals surface area contributed by atoms with E-state index in [4.69, 9.17) is 28.1 Å². The number of hydrogen-bond donors (Lipinski definition) is 0. The average Bonchev–Trinajstić information content (AvgIpc) is 3.04. The highest BCUT2D eigenvalue weighted by molar-refractivity contribution is 6.73. The lowest BCUT2D eigenvalue weighted by Crippen LogP contribution is -2.62. The molecule has 0 amide bonds. The molecule has 0 aliphatic carbocycles. The fourth-order valence-electron chi connectivity index (χ4n) is 5.38. The first kappa shape index (κ1) is 31.6. The van der Waals surface area contributed by atoms with E-state index in [1.165, 1.54) is 0 Å². The molecule has 1 aliphatic rings. The zero-order chi connectivity index (χ0) is 28.9. The van der Waals surface area contributed by atoms with Gasteiger partial charge in [0.15, 0.2) is 14.6 Å². The summed E-state index contributed by atoms with van der Waals surface area (Å²) in [4.78, 5) is 0. The minimum absolute atomic E-state index is 0.377. The number of methoxy groups -OCH3 is 1. The molecule has 6 nitrogen and oxygen atoms in total. The Hall–Kier alpha value is -2.36. The molecule has 0 bridgehead atoms. The van der Waals surface area contributed by atoms with Crippen LogP contribution in [0.1, 0.15) is 37.5 Å². The van der Waals surface area contributed by atoms with E-state index in [1.54, 1.807) is 7.11 Å². The Morgan fingerprint density at radius 3 is 1.41 bits per heavy atom. The molecule has 0 radical (unpaired) electrons. The van der Waals surface area contributed by atoms with E-state index in [9.17, 15) is 0 Å². The molecule has 4 rings (SSSR count). The standard InChI is InChI=1S/C34H46O6Si/c1-5-41(6-2,7-3)39-26-30-31(36-23-27-17-11-8-12-18-27)32(37-24-28-19-13-9-14-20-28)33(34(35-4)40-30)38-25-29-21-15-10-16-22-29/h8-22,30-34H,5-7,23-26H2,1-4H3/t30-,31-,32+,33-,34+/m1/s1. The predicted octanol–water partition coefficient (Wildman–Crippen LogP) is 7.14. The zero-order valence-electron chi connectivity index (χ0n) is 24.9. The van der Waals surface area contributed by atoms with Crippen molar-refractivity contribution < 1.29 is 28.1 Å². The van der Waals surface area contributed by atoms with E-state index in [1.807, 2.05) is 54.6 Å². The van der Waals surface area contributed by atoms with Crippen molar-refractivity contribution in [3.05, 3.63) is 108 Å². The lowest BCUT2D eigenvalue weighted by molar-refractivity contribution is -0.320. The second-order valence-electron chi connectivity index (χ2n) is 10.6. The summed E-state index contributed by atoms with van der Waals surface area (Å²) in [5.74, 6) is 0. The molecule has 1 heterocycles. The van der Waals surface area contributed by atoms with Crippen molar-refractivity contribution in [3.8, 4) is 0 Å². The lowest BCUT2D eigenvalue weighted by atomic mass is 9.98. The molecular weight excluding hydrogens is 532 g/mol. The van der Waals surface area contributed by atoms with Crippen LogP contribution in [-0.4, -0.2) is 52.7 Å². The topological polar surface area (TPSA) is 55.4 Å². The minimum Gasteiger partial charge on any atom is -0.414 e. The van der Waals surface area contributed by atoms with E-state index in [2.05, 4.69) is 57.2 Å². The van der Waals surface area contributed by atoms with Crippen molar-refractivity contribution in [3.63, 3.8) is 0 Å². The molecule has 1 fully saturated rings. The first-order chi connectivity index (χ1) is 20.1. The van der Waals surface area contributed by atoms with Crippen LogP contribution < -0.4 is 0 Å². The number of rotatable bonds is 16. The van der Waals surface area contributed by atoms with Crippen LogP contribution in [0.4, 0.5) is 0 Å². The van der Waals surface area contributed by atoms with Crippen molar-refractivity contribution >= 4 is 8.32 Å². The van der Waals surface area contributed by atoms with Crippen LogP contribution in [0.2, 0.25) is 18.1 Å². The molecule has 5 atom stereocenters. The summed E-state index contributed by atoms with van der Waals surface area (Å²) in [5, 5.41) is 0. The molecule has 0 spiro atoms. The van der Waals surface area contributed by atoms with Gasteiger partial charge in [0.25, 0.3) is 0 Å². The summed E-state index contributed by atoms with van der Waals surface area (Å²) < 4.78 is 39.1. The smallest absolute Gasteiger partial charge is 0.192 e. The molecule has 41 heavy (non-hydrogen) atoms. The molecule has 0 aromatic heterocycles. The zero-order valence-corrected chi connectivity index (χ0v) is 25.9. The Morgan fingerprint density at radius 1 is 0.585 bits per heavy atom. The van der Waals surface area contributed by atoms with Gasteiger partial charge < -0.3 is 28.1 Å². The Morgan fingerprint density at radius 2 is 1.00 bits per heavy atom. The third kappa shape index (κ3) is 8.81. The number of ether oxygens (including phenoxy) is 5. The molecule has 222 valence electrons. The van der Waals surface area contributed by atoms with Crippen LogP contribution in [0, 0.1) is 0 Å². The van der Waals surface area contributed by atoms with Crippen molar-refractivity contribution in [2.24, 2.45) is 0 Å². The Labute approximate surface area is 247 Å². The summed E-state index contributed by atoms with van der Waals surface area (Å²) in [6.45, 7) is 8.40. The van der Waals surface area contributed by atoms with Crippen LogP contribution in [0.5, 0.6) is 0 Å². The largest absolute Gasteiger partial charge is 0.414 e. The van der Waals surface area contributed by atoms with Gasteiger partial charge in [-0.3, -0.25) is 0 Å². The van der Waals surface area contributed by atoms with Crippen LogP contribution >= 0.6 is 0 Å². The van der Waals surface area contributed by atoms with Gasteiger partial charge in [0.2, 0.25) is 0 Å². The lowest BCUT2D eigenvalue weighted by Gasteiger charge is -2.46. The molecular formula is C34H46O6Si. The molecule has 1 aliphatic heterocycles. The Bertz CT molecular complexity index is 1100. The monoisotopic (exact) mass is 578 g/mol. The molecule has 0 saturated carbocycles. The Balaban J connectivity index is 1.63. The first-order valence-electron chi connectivity index (χ1n) is 14.9. The highest BCUT2D eigenvalue weighted by Gasteiger charge is 2.49. The molecule has 1 saturated heterocycles. The van der Waals surface area contributed by atoms with E-state index in [0.29, 0.717) is 26.4 Å². The number of hydrogen-bond acceptors (Lipinski definition) is 6. The summed E-state index contributed by atoms with van der Waals surface area (Å²) in [7, 11) is -0.211. The maximum absolute atomic E-state index is 6.75. The molecule has 3 aromatic rings. The van der Waals surface area contributed by atoms with Crippen molar-refractivity contribution in [2.75, 3.05) is 13.7 Å². The van der Waals surface area contributed by atoms with Gasteiger partial charge in [-0.05, 0) is 34.8 Å². The van der Waals surface area contributed by atoms with Crippen LogP contribution in [-0.2, 0) is 47.9 Å². The number of benzene rings is 3. The van der Waals surface area contributed by atoms with E-state index < -0.39 is 32.9 Å². The fraction of sp³-hybridized carbons (Fsp3) is 0.471. The summed E-state index contributed by atoms with van der Waals surface area (Å²) in [5.41, 5.74) is 3.24. The average molecular weight is 579 g/mol. The van der Waals surface area contributed by atoms with Gasteiger partial charge in [-0.15, -0.1) is 0 Å². The van der Waals surface area contributed by atoms with Crippen LogP contribution in [0.25, 0.3) is 0 Å². The van der Waals surface area contributed by atoms with Gasteiger partial charge in [-0.1, -0.05) is 112 Å². The van der Waals surface area contributed by atoms with Crippen LogP contribution in [0.15, 0.2) is 91.0 Å². The summed E-state index contributed by atoms with van der Waals surface area (Å²) >= 11 is 0. The third-order valence-electron chi connectivity index (χ3n) is 8.17. The van der Waals surface area contributed by atoms with Gasteiger partial charge in [0.1, 0.15) is 24.4 Å². The normalized spacial score (nSPS) is 23.0. The minimum atomic E-state index is -1.87. The second kappa shape index (κ2) is 16.3. The van der Waals surface area contributed by atoms with Gasteiger partial charge in [-0.2, -0.15) is 0 Å². The van der Waals surface area contributed by atoms with Crippen molar-refractivity contribution in [1.29, 1.82) is 0 Å². The maximum Gasteiger partial charge on any atom is 0.192 e. The highest BCUT2D eigenvalue weighted by atomic mass is 28.4. The fourth-order valence-corrected chi connectivity index (χ4v) is 8.01. The Kier molecular flexibility index (Phi) is 12.6. The summed E-state index contributed by atoms with van der Waals surface area (Å²) in [6, 6.07) is 33.7. The SMILES string of the molecule is CC[Si](CC)(CC)OC[C@H]1O[C@H](OC)[C@H](OCc2ccccc2)[C@@H](OCc2ccccc2)[C@@H]1OCc1ccccc1. The molecule has 0 unspecified atom stereocenters. The van der Waals surface area contributed by atoms with E-state index in [-0.39, 0.29) is 6.10 Å². The third-order valence-corrected chi connectivity index (χ3v) is 12.8. The quantitative estimate of drug-likeness (QED) is 0.169. The van der Waals surface area contributed by atoms with Gasteiger partial charge in [0, 0.05) is 7.11 Å². The van der Waals surface area contributed by atoms with Crippen molar-refractivity contribution in [1.82, 2.24) is 0 Å². The second-order valence-corrected chi connectivity index (χ2v) is 15.4. The van der Waals surface area contributed by atoms with Crippen molar-refractivity contribution in [2.45, 2.75) is 89.4 Å². The molecule has 7 heteroatoms. The van der Waals surface area contributed by atoms with Crippen LogP contribution in [0.3, 0.4) is 0 Å². The highest BCUT2D eigenvalue weighted by Crippen LogP contribution is 2.32. The molecule has 3 aromatic carbocycles. The summed E-state index contributed by atoms with van der Waals surface area (Å²) in [6.07, 6.45) is -2.39. The van der Waals surface area contributed by atoms with Gasteiger partial charge in [0.05, 0.1) is 26.4 Å². The van der Waals surface area contributed by atoms with E-state index in [0.717, 1.165) is 34.8 Å².